The van der Waals surface area contributed by atoms with Crippen molar-refractivity contribution in [2.45, 2.75) is 77.9 Å². The van der Waals surface area contributed by atoms with Gasteiger partial charge in [-0.15, -0.1) is 0 Å². The Kier molecular flexibility index (Phi) is 6.45. The largest absolute Gasteiger partial charge is 0.434 e. The molecular weight excluding hydrogens is 300 g/mol. The van der Waals surface area contributed by atoms with Crippen molar-refractivity contribution in [3.63, 3.8) is 0 Å². The molecule has 0 radical (unpaired) electrons. The molecule has 3 nitrogen and oxygen atoms in total. The number of hydrogen-bond acceptors (Lipinski definition) is 3. The Morgan fingerprint density at radius 1 is 1.17 bits per heavy atom. The molecule has 2 rings (SSSR count). The SMILES string of the molecule is CCOC(OC(=O)C(C)(CC)c1ccccc1)C1(CC)CCCC1. The monoisotopic (exact) mass is 332 g/mol. The zero-order valence-corrected chi connectivity index (χ0v) is 15.6. The molecule has 0 bridgehead atoms. The van der Waals surface area contributed by atoms with Crippen LogP contribution in [0.1, 0.15) is 71.8 Å². The summed E-state index contributed by atoms with van der Waals surface area (Å²) in [4.78, 5) is 13.1. The Bertz CT molecular complexity index is 519. The normalized spacial score (nSPS) is 20.3. The van der Waals surface area contributed by atoms with E-state index in [1.165, 1.54) is 12.8 Å². The summed E-state index contributed by atoms with van der Waals surface area (Å²) in [6, 6.07) is 9.93. The second-order valence-electron chi connectivity index (χ2n) is 7.17. The van der Waals surface area contributed by atoms with Crippen LogP contribution in [-0.2, 0) is 19.7 Å². The Balaban J connectivity index is 2.23. The van der Waals surface area contributed by atoms with Crippen molar-refractivity contribution in [2.75, 3.05) is 6.61 Å². The van der Waals surface area contributed by atoms with E-state index in [2.05, 4.69) is 6.92 Å². The van der Waals surface area contributed by atoms with Gasteiger partial charge in [0.2, 0.25) is 6.29 Å². The highest BCUT2D eigenvalue weighted by molar-refractivity contribution is 5.82. The van der Waals surface area contributed by atoms with Crippen molar-refractivity contribution >= 4 is 5.97 Å². The molecule has 0 amide bonds. The van der Waals surface area contributed by atoms with Crippen molar-refractivity contribution in [3.05, 3.63) is 35.9 Å². The molecule has 0 heterocycles. The molecule has 1 aliphatic carbocycles. The summed E-state index contributed by atoms with van der Waals surface area (Å²) in [5.41, 5.74) is 0.353. The molecule has 1 aromatic rings. The molecule has 1 saturated carbocycles. The fourth-order valence-corrected chi connectivity index (χ4v) is 3.82. The van der Waals surface area contributed by atoms with Gasteiger partial charge in [0, 0.05) is 12.0 Å². The third kappa shape index (κ3) is 3.66. The van der Waals surface area contributed by atoms with Crippen LogP contribution in [0.5, 0.6) is 0 Å². The molecule has 0 saturated heterocycles. The number of rotatable bonds is 8. The highest BCUT2D eigenvalue weighted by Gasteiger charge is 2.45. The van der Waals surface area contributed by atoms with Gasteiger partial charge < -0.3 is 9.47 Å². The highest BCUT2D eigenvalue weighted by Crippen LogP contribution is 2.46. The number of esters is 1. The van der Waals surface area contributed by atoms with Gasteiger partial charge in [-0.2, -0.15) is 0 Å². The van der Waals surface area contributed by atoms with Gasteiger partial charge in [0.15, 0.2) is 0 Å². The molecule has 3 heteroatoms. The van der Waals surface area contributed by atoms with Crippen LogP contribution in [0.15, 0.2) is 30.3 Å². The molecule has 0 aromatic heterocycles. The molecule has 134 valence electrons. The van der Waals surface area contributed by atoms with Crippen molar-refractivity contribution in [1.82, 2.24) is 0 Å². The number of carbonyl (C=O) groups is 1. The molecule has 0 spiro atoms. The zero-order chi connectivity index (χ0) is 17.6. The van der Waals surface area contributed by atoms with Crippen molar-refractivity contribution < 1.29 is 14.3 Å². The van der Waals surface area contributed by atoms with E-state index in [4.69, 9.17) is 9.47 Å². The van der Waals surface area contributed by atoms with Crippen LogP contribution in [0.2, 0.25) is 0 Å². The second-order valence-corrected chi connectivity index (χ2v) is 7.17. The van der Waals surface area contributed by atoms with Crippen LogP contribution in [-0.4, -0.2) is 18.9 Å². The van der Waals surface area contributed by atoms with E-state index in [-0.39, 0.29) is 11.4 Å². The first-order chi connectivity index (χ1) is 11.5. The van der Waals surface area contributed by atoms with Crippen molar-refractivity contribution in [3.8, 4) is 0 Å². The zero-order valence-electron chi connectivity index (χ0n) is 15.6. The van der Waals surface area contributed by atoms with E-state index in [1.54, 1.807) is 0 Å². The Morgan fingerprint density at radius 3 is 2.29 bits per heavy atom. The second kappa shape index (κ2) is 8.15. The van der Waals surface area contributed by atoms with E-state index in [9.17, 15) is 4.79 Å². The minimum atomic E-state index is -0.635. The molecule has 0 aliphatic heterocycles. The molecular formula is C21H32O3. The van der Waals surface area contributed by atoms with Gasteiger partial charge >= 0.3 is 5.97 Å². The first kappa shape index (κ1) is 19.0. The molecule has 24 heavy (non-hydrogen) atoms. The van der Waals surface area contributed by atoms with E-state index in [1.807, 2.05) is 51.1 Å². The summed E-state index contributed by atoms with van der Waals surface area (Å²) in [7, 11) is 0. The minimum absolute atomic E-state index is 0.0169. The first-order valence-corrected chi connectivity index (χ1v) is 9.40. The Labute approximate surface area is 146 Å². The van der Waals surface area contributed by atoms with Gasteiger partial charge in [-0.05, 0) is 45.1 Å². The first-order valence-electron chi connectivity index (χ1n) is 9.40. The maximum atomic E-state index is 13.1. The third-order valence-electron chi connectivity index (χ3n) is 5.90. The summed E-state index contributed by atoms with van der Waals surface area (Å²) in [6.45, 7) is 8.72. The molecule has 2 unspecified atom stereocenters. The molecule has 1 aromatic carbocycles. The van der Waals surface area contributed by atoms with Crippen LogP contribution in [0, 0.1) is 5.41 Å². The maximum absolute atomic E-state index is 13.1. The lowest BCUT2D eigenvalue weighted by Crippen LogP contribution is -2.43. The maximum Gasteiger partial charge on any atom is 0.318 e. The van der Waals surface area contributed by atoms with E-state index >= 15 is 0 Å². The quantitative estimate of drug-likeness (QED) is 0.483. The lowest BCUT2D eigenvalue weighted by molar-refractivity contribution is -0.215. The summed E-state index contributed by atoms with van der Waals surface area (Å²) in [5, 5.41) is 0. The average molecular weight is 332 g/mol. The van der Waals surface area contributed by atoms with E-state index in [0.29, 0.717) is 13.0 Å². The molecule has 1 aliphatic rings. The smallest absolute Gasteiger partial charge is 0.318 e. The van der Waals surface area contributed by atoms with Crippen molar-refractivity contribution in [2.24, 2.45) is 5.41 Å². The minimum Gasteiger partial charge on any atom is -0.434 e. The standard InChI is InChI=1S/C21H32O3/c1-5-20(4,17-13-9-8-10-14-17)18(22)24-19(23-7-3)21(6-2)15-11-12-16-21/h8-10,13-14,19H,5-7,11-12,15-16H2,1-4H3. The van der Waals surface area contributed by atoms with Gasteiger partial charge in [0.25, 0.3) is 0 Å². The van der Waals surface area contributed by atoms with Crippen LogP contribution < -0.4 is 0 Å². The topological polar surface area (TPSA) is 35.5 Å². The fraction of sp³-hybridized carbons (Fsp3) is 0.667. The van der Waals surface area contributed by atoms with Crippen molar-refractivity contribution in [1.29, 1.82) is 0 Å². The Morgan fingerprint density at radius 2 is 1.79 bits per heavy atom. The van der Waals surface area contributed by atoms with Crippen LogP contribution in [0.3, 0.4) is 0 Å². The van der Waals surface area contributed by atoms with Gasteiger partial charge in [0.05, 0.1) is 5.41 Å². The van der Waals surface area contributed by atoms with Gasteiger partial charge in [-0.1, -0.05) is 57.0 Å². The summed E-state index contributed by atoms with van der Waals surface area (Å²) >= 11 is 0. The number of ether oxygens (including phenoxy) is 2. The number of hydrogen-bond donors (Lipinski definition) is 0. The van der Waals surface area contributed by atoms with Gasteiger partial charge in [0.1, 0.15) is 0 Å². The Hall–Kier alpha value is -1.35. The average Bonchev–Trinajstić information content (AvgIpc) is 3.11. The lowest BCUT2D eigenvalue weighted by Gasteiger charge is -2.38. The predicted octanol–water partition coefficient (Wildman–Crippen LogP) is 5.23. The number of carbonyl (C=O) groups excluding carboxylic acids is 1. The fourth-order valence-electron chi connectivity index (χ4n) is 3.82. The summed E-state index contributed by atoms with van der Waals surface area (Å²) in [5.74, 6) is -0.172. The van der Waals surface area contributed by atoms with Crippen LogP contribution in [0.25, 0.3) is 0 Å². The van der Waals surface area contributed by atoms with Gasteiger partial charge in [-0.25, -0.2) is 0 Å². The summed E-state index contributed by atoms with van der Waals surface area (Å²) < 4.78 is 11.9. The highest BCUT2D eigenvalue weighted by atomic mass is 16.7. The predicted molar refractivity (Wildman–Crippen MR) is 96.8 cm³/mol. The number of benzene rings is 1. The lowest BCUT2D eigenvalue weighted by atomic mass is 9.79. The molecule has 1 fully saturated rings. The molecule has 2 atom stereocenters. The van der Waals surface area contributed by atoms with Crippen LogP contribution >= 0.6 is 0 Å². The van der Waals surface area contributed by atoms with Gasteiger partial charge in [-0.3, -0.25) is 4.79 Å². The summed E-state index contributed by atoms with van der Waals surface area (Å²) in [6.07, 6.45) is 5.80. The van der Waals surface area contributed by atoms with E-state index < -0.39 is 11.7 Å². The van der Waals surface area contributed by atoms with E-state index in [0.717, 1.165) is 24.8 Å². The molecule has 0 N–H and O–H groups in total. The third-order valence-corrected chi connectivity index (χ3v) is 5.90. The van der Waals surface area contributed by atoms with Crippen LogP contribution in [0.4, 0.5) is 0 Å².